The van der Waals surface area contributed by atoms with Gasteiger partial charge in [-0.25, -0.2) is 0 Å². The van der Waals surface area contributed by atoms with E-state index in [0.29, 0.717) is 0 Å². The molecular weight excluding hydrogens is 260 g/mol. The third kappa shape index (κ3) is 10.8. The maximum Gasteiger partial charge on any atom is 0 e. The van der Waals surface area contributed by atoms with Crippen LogP contribution in [0.4, 0.5) is 0 Å². The first-order valence-corrected chi connectivity index (χ1v) is 2.09. The van der Waals surface area contributed by atoms with Crippen LogP contribution >= 0.6 is 0 Å². The van der Waals surface area contributed by atoms with Gasteiger partial charge in [0.05, 0.1) is 0 Å². The summed E-state index contributed by atoms with van der Waals surface area (Å²) in [5, 5.41) is 8.77. The van der Waals surface area contributed by atoms with E-state index in [1.807, 2.05) is 6.92 Å². The smallest absolute Gasteiger partial charge is 0 e. The van der Waals surface area contributed by atoms with E-state index in [4.69, 9.17) is 5.11 Å². The molecule has 0 saturated heterocycles. The minimum Gasteiger partial charge on any atom is -0.422 e. The third-order valence-electron chi connectivity index (χ3n) is 0.706. The molecule has 0 atom stereocenters. The fourth-order valence-electron chi connectivity index (χ4n) is 0. The summed E-state index contributed by atoms with van der Waals surface area (Å²) in [5.41, 5.74) is -0.583. The van der Waals surface area contributed by atoms with Crippen LogP contribution in [0.25, 0.3) is 0 Å². The van der Waals surface area contributed by atoms with Gasteiger partial charge in [-0.1, -0.05) is 19.4 Å². The van der Waals surface area contributed by atoms with Crippen LogP contribution in [0.3, 0.4) is 0 Å². The van der Waals surface area contributed by atoms with E-state index in [1.54, 1.807) is 20.3 Å². The van der Waals surface area contributed by atoms with Crippen LogP contribution in [0.2, 0.25) is 0 Å². The molecule has 0 aromatic heterocycles. The van der Waals surface area contributed by atoms with Gasteiger partial charge < -0.3 is 11.5 Å². The maximum atomic E-state index is 8.77. The van der Waals surface area contributed by atoms with Crippen LogP contribution in [-0.4, -0.2) is 10.7 Å². The van der Waals surface area contributed by atoms with Crippen LogP contribution in [0.15, 0.2) is 0 Å². The molecule has 0 aromatic carbocycles. The molecule has 0 unspecified atom stereocenters. The second-order valence-corrected chi connectivity index (χ2v) is 1.94. The monoisotopic (exact) mass is 271 g/mol. The average Bonchev–Trinajstić information content (AvgIpc) is 1.35. The molecule has 0 aromatic rings. The molecule has 2 heteroatoms. The largest absolute Gasteiger partial charge is 0.422 e. The summed E-state index contributed by atoms with van der Waals surface area (Å²) < 4.78 is 0. The minimum atomic E-state index is -0.583. The van der Waals surface area contributed by atoms with Crippen molar-refractivity contribution in [3.05, 3.63) is 6.42 Å². The topological polar surface area (TPSA) is 20.2 Å². The Morgan fingerprint density at radius 2 is 1.57 bits per heavy atom. The molecule has 0 radical (unpaired) electrons. The summed E-state index contributed by atoms with van der Waals surface area (Å²) in [4.78, 5) is 0. The molecule has 0 spiro atoms. The predicted octanol–water partition coefficient (Wildman–Crippen LogP) is 0.979. The summed E-state index contributed by atoms with van der Waals surface area (Å²) in [6.45, 7) is 5.32. The standard InChI is InChI=1S/C5H11O.W/c1-4-5(2,3)6;/h4,6H,1-3H3;/q-1;. The van der Waals surface area contributed by atoms with E-state index in [-0.39, 0.29) is 21.1 Å². The van der Waals surface area contributed by atoms with Crippen LogP contribution < -0.4 is 0 Å². The molecule has 0 heterocycles. The van der Waals surface area contributed by atoms with Gasteiger partial charge in [0.1, 0.15) is 0 Å². The number of hydrogen-bond acceptors (Lipinski definition) is 1. The maximum absolute atomic E-state index is 8.77. The van der Waals surface area contributed by atoms with Gasteiger partial charge in [0, 0.05) is 21.1 Å². The van der Waals surface area contributed by atoms with Gasteiger partial charge in [0.25, 0.3) is 0 Å². The molecule has 1 nitrogen and oxygen atoms in total. The van der Waals surface area contributed by atoms with Crippen LogP contribution in [-0.2, 0) is 21.1 Å². The fraction of sp³-hybridized carbons (Fsp3) is 0.800. The Hall–Kier alpha value is 0.648. The minimum absolute atomic E-state index is 0. The zero-order valence-corrected chi connectivity index (χ0v) is 7.87. The van der Waals surface area contributed by atoms with E-state index in [9.17, 15) is 0 Å². The first kappa shape index (κ1) is 10.6. The molecule has 0 amide bonds. The van der Waals surface area contributed by atoms with Gasteiger partial charge in [0.2, 0.25) is 0 Å². The van der Waals surface area contributed by atoms with Crippen molar-refractivity contribution in [1.29, 1.82) is 0 Å². The molecular formula is C5H11OW-. The second-order valence-electron chi connectivity index (χ2n) is 1.94. The normalized spacial score (nSPS) is 10.3. The quantitative estimate of drug-likeness (QED) is 0.705. The molecule has 0 aliphatic rings. The molecule has 0 rings (SSSR count). The van der Waals surface area contributed by atoms with E-state index < -0.39 is 5.60 Å². The zero-order valence-electron chi connectivity index (χ0n) is 4.93. The number of aliphatic hydroxyl groups is 1. The Balaban J connectivity index is 0. The van der Waals surface area contributed by atoms with Gasteiger partial charge in [-0.05, 0) is 0 Å². The van der Waals surface area contributed by atoms with Crippen LogP contribution in [0, 0.1) is 6.42 Å². The Morgan fingerprint density at radius 3 is 1.57 bits per heavy atom. The van der Waals surface area contributed by atoms with Crippen molar-refractivity contribution in [2.75, 3.05) is 0 Å². The van der Waals surface area contributed by atoms with Crippen LogP contribution in [0.1, 0.15) is 20.8 Å². The second kappa shape index (κ2) is 3.63. The third-order valence-corrected chi connectivity index (χ3v) is 0.706. The number of rotatable bonds is 1. The van der Waals surface area contributed by atoms with Crippen molar-refractivity contribution in [1.82, 2.24) is 0 Å². The van der Waals surface area contributed by atoms with E-state index >= 15 is 0 Å². The van der Waals surface area contributed by atoms with Gasteiger partial charge in [-0.3, -0.25) is 0 Å². The van der Waals surface area contributed by atoms with Crippen molar-refractivity contribution in [2.24, 2.45) is 0 Å². The predicted molar refractivity (Wildman–Crippen MR) is 26.3 cm³/mol. The van der Waals surface area contributed by atoms with Gasteiger partial charge in [-0.2, -0.15) is 6.92 Å². The van der Waals surface area contributed by atoms with Crippen molar-refractivity contribution in [2.45, 2.75) is 26.4 Å². The average molecular weight is 271 g/mol. The SMILES string of the molecule is C[CH-]C(C)(C)O.[W]. The summed E-state index contributed by atoms with van der Waals surface area (Å²) in [6.07, 6.45) is 1.74. The molecule has 1 N–H and O–H groups in total. The van der Waals surface area contributed by atoms with Crippen molar-refractivity contribution in [3.8, 4) is 0 Å². The first-order chi connectivity index (χ1) is 2.56. The molecule has 0 aliphatic carbocycles. The Morgan fingerprint density at radius 1 is 1.43 bits per heavy atom. The molecule has 44 valence electrons. The summed E-state index contributed by atoms with van der Waals surface area (Å²) in [7, 11) is 0. The molecule has 0 aliphatic heterocycles. The zero-order chi connectivity index (χ0) is 5.21. The van der Waals surface area contributed by atoms with E-state index in [2.05, 4.69) is 0 Å². The summed E-state index contributed by atoms with van der Waals surface area (Å²) in [5.74, 6) is 0. The van der Waals surface area contributed by atoms with Crippen molar-refractivity contribution in [3.63, 3.8) is 0 Å². The molecule has 0 bridgehead atoms. The summed E-state index contributed by atoms with van der Waals surface area (Å²) >= 11 is 0. The Bertz CT molecular complexity index is 37.8. The van der Waals surface area contributed by atoms with Gasteiger partial charge in [-0.15, -0.1) is 0 Å². The Kier molecular flexibility index (Phi) is 5.49. The van der Waals surface area contributed by atoms with Crippen molar-refractivity contribution >= 4 is 0 Å². The van der Waals surface area contributed by atoms with Gasteiger partial charge >= 0.3 is 0 Å². The van der Waals surface area contributed by atoms with Crippen molar-refractivity contribution < 1.29 is 26.2 Å². The summed E-state index contributed by atoms with van der Waals surface area (Å²) in [6, 6.07) is 0. The van der Waals surface area contributed by atoms with Gasteiger partial charge in [0.15, 0.2) is 0 Å². The first-order valence-electron chi connectivity index (χ1n) is 2.09. The molecule has 0 fully saturated rings. The van der Waals surface area contributed by atoms with E-state index in [1.165, 1.54) is 0 Å². The number of hydrogen-bond donors (Lipinski definition) is 1. The molecule has 7 heavy (non-hydrogen) atoms. The fourth-order valence-corrected chi connectivity index (χ4v) is 0. The van der Waals surface area contributed by atoms with E-state index in [0.717, 1.165) is 0 Å². The molecule has 0 saturated carbocycles. The van der Waals surface area contributed by atoms with Crippen LogP contribution in [0.5, 0.6) is 0 Å². The Labute approximate surface area is 59.4 Å².